The van der Waals surface area contributed by atoms with Crippen LogP contribution >= 0.6 is 0 Å². The summed E-state index contributed by atoms with van der Waals surface area (Å²) in [4.78, 5) is 13.8. The van der Waals surface area contributed by atoms with Crippen LogP contribution in [-0.2, 0) is 4.74 Å². The predicted molar refractivity (Wildman–Crippen MR) is 63.3 cm³/mol. The monoisotopic (exact) mass is 223 g/mol. The fourth-order valence-electron chi connectivity index (χ4n) is 2.64. The summed E-state index contributed by atoms with van der Waals surface area (Å²) in [7, 11) is 0. The van der Waals surface area contributed by atoms with Gasteiger partial charge in [0.2, 0.25) is 0 Å². The Morgan fingerprint density at radius 2 is 1.75 bits per heavy atom. The van der Waals surface area contributed by atoms with Crippen LogP contribution in [0.1, 0.15) is 44.9 Å². The standard InChI is InChI=1S/C13H21NO2/c1-2-13(8-4-5-9-13)16-12(15)14-10-6-3-7-11-14/h2H,1,3-11H2. The maximum atomic E-state index is 12.0. The molecule has 1 aliphatic carbocycles. The van der Waals surface area contributed by atoms with Crippen molar-refractivity contribution in [1.82, 2.24) is 4.90 Å². The summed E-state index contributed by atoms with van der Waals surface area (Å²) in [6.45, 7) is 5.52. The third-order valence-corrected chi connectivity index (χ3v) is 3.73. The molecule has 16 heavy (non-hydrogen) atoms. The van der Waals surface area contributed by atoms with Crippen molar-refractivity contribution in [1.29, 1.82) is 0 Å². The van der Waals surface area contributed by atoms with Gasteiger partial charge in [0.05, 0.1) is 0 Å². The van der Waals surface area contributed by atoms with Crippen LogP contribution in [0.3, 0.4) is 0 Å². The van der Waals surface area contributed by atoms with Crippen LogP contribution in [0.5, 0.6) is 0 Å². The number of rotatable bonds is 2. The van der Waals surface area contributed by atoms with Crippen molar-refractivity contribution in [3.63, 3.8) is 0 Å². The van der Waals surface area contributed by atoms with E-state index in [2.05, 4.69) is 6.58 Å². The van der Waals surface area contributed by atoms with Gasteiger partial charge in [-0.3, -0.25) is 0 Å². The average Bonchev–Trinajstić information content (AvgIpc) is 2.79. The van der Waals surface area contributed by atoms with Gasteiger partial charge in [0.1, 0.15) is 5.60 Å². The number of likely N-dealkylation sites (tertiary alicyclic amines) is 1. The normalized spacial score (nSPS) is 24.1. The van der Waals surface area contributed by atoms with Gasteiger partial charge in [0.15, 0.2) is 0 Å². The number of hydrogen-bond acceptors (Lipinski definition) is 2. The molecule has 2 rings (SSSR count). The largest absolute Gasteiger partial charge is 0.439 e. The molecule has 0 unspecified atom stereocenters. The van der Waals surface area contributed by atoms with Gasteiger partial charge in [0.25, 0.3) is 0 Å². The molecule has 0 aromatic rings. The number of amides is 1. The maximum absolute atomic E-state index is 12.0. The fourth-order valence-corrected chi connectivity index (χ4v) is 2.64. The minimum atomic E-state index is -0.367. The first kappa shape index (κ1) is 11.5. The lowest BCUT2D eigenvalue weighted by Crippen LogP contribution is -2.41. The Kier molecular flexibility index (Phi) is 3.52. The molecule has 0 radical (unpaired) electrons. The highest BCUT2D eigenvalue weighted by Crippen LogP contribution is 2.34. The smallest absolute Gasteiger partial charge is 0.410 e. The van der Waals surface area contributed by atoms with E-state index in [1.54, 1.807) is 0 Å². The molecular weight excluding hydrogens is 202 g/mol. The summed E-state index contributed by atoms with van der Waals surface area (Å²) in [5.74, 6) is 0. The second kappa shape index (κ2) is 4.89. The highest BCUT2D eigenvalue weighted by atomic mass is 16.6. The summed E-state index contributed by atoms with van der Waals surface area (Å²) in [6.07, 6.45) is 9.29. The quantitative estimate of drug-likeness (QED) is 0.673. The minimum Gasteiger partial charge on any atom is -0.439 e. The number of carbonyl (C=O) groups excluding carboxylic acids is 1. The summed E-state index contributed by atoms with van der Waals surface area (Å²) in [6, 6.07) is 0. The molecule has 0 atom stereocenters. The lowest BCUT2D eigenvalue weighted by Gasteiger charge is -2.31. The molecule has 0 spiro atoms. The summed E-state index contributed by atoms with van der Waals surface area (Å²) >= 11 is 0. The van der Waals surface area contributed by atoms with Crippen molar-refractivity contribution in [3.05, 3.63) is 12.7 Å². The number of hydrogen-bond donors (Lipinski definition) is 0. The third-order valence-electron chi connectivity index (χ3n) is 3.73. The van der Waals surface area contributed by atoms with Gasteiger partial charge in [0, 0.05) is 13.1 Å². The van der Waals surface area contributed by atoms with Crippen LogP contribution in [-0.4, -0.2) is 29.7 Å². The molecule has 0 aromatic carbocycles. The highest BCUT2D eigenvalue weighted by Gasteiger charge is 2.36. The summed E-state index contributed by atoms with van der Waals surface area (Å²) in [5.41, 5.74) is -0.367. The van der Waals surface area contributed by atoms with E-state index in [1.165, 1.54) is 6.42 Å². The third kappa shape index (κ3) is 2.39. The van der Waals surface area contributed by atoms with E-state index in [4.69, 9.17) is 4.74 Å². The Morgan fingerprint density at radius 3 is 2.31 bits per heavy atom. The molecule has 0 N–H and O–H groups in total. The van der Waals surface area contributed by atoms with Crippen LogP contribution in [0, 0.1) is 0 Å². The molecule has 1 amide bonds. The number of ether oxygens (including phenoxy) is 1. The number of piperidine rings is 1. The van der Waals surface area contributed by atoms with Crippen molar-refractivity contribution < 1.29 is 9.53 Å². The number of nitrogens with zero attached hydrogens (tertiary/aromatic N) is 1. The van der Waals surface area contributed by atoms with E-state index >= 15 is 0 Å². The Morgan fingerprint density at radius 1 is 1.12 bits per heavy atom. The lowest BCUT2D eigenvalue weighted by atomic mass is 10.0. The van der Waals surface area contributed by atoms with Crippen molar-refractivity contribution in [2.75, 3.05) is 13.1 Å². The zero-order chi connectivity index (χ0) is 11.4. The van der Waals surface area contributed by atoms with E-state index in [0.717, 1.165) is 51.6 Å². The summed E-state index contributed by atoms with van der Waals surface area (Å²) < 4.78 is 5.66. The molecule has 0 bridgehead atoms. The van der Waals surface area contributed by atoms with E-state index in [1.807, 2.05) is 11.0 Å². The number of carbonyl (C=O) groups is 1. The van der Waals surface area contributed by atoms with Crippen LogP contribution in [0.4, 0.5) is 4.79 Å². The van der Waals surface area contributed by atoms with E-state index in [-0.39, 0.29) is 11.7 Å². The van der Waals surface area contributed by atoms with Gasteiger partial charge in [-0.2, -0.15) is 0 Å². The van der Waals surface area contributed by atoms with Crippen molar-refractivity contribution >= 4 is 6.09 Å². The topological polar surface area (TPSA) is 29.5 Å². The van der Waals surface area contributed by atoms with Gasteiger partial charge in [-0.1, -0.05) is 6.58 Å². The highest BCUT2D eigenvalue weighted by molar-refractivity contribution is 5.68. The Balaban J connectivity index is 1.92. The van der Waals surface area contributed by atoms with E-state index < -0.39 is 0 Å². The summed E-state index contributed by atoms with van der Waals surface area (Å²) in [5, 5.41) is 0. The molecule has 1 aliphatic heterocycles. The van der Waals surface area contributed by atoms with Gasteiger partial charge in [-0.05, 0) is 51.0 Å². The van der Waals surface area contributed by atoms with Crippen LogP contribution in [0.15, 0.2) is 12.7 Å². The second-order valence-electron chi connectivity index (χ2n) is 4.89. The molecule has 0 aromatic heterocycles. The lowest BCUT2D eigenvalue weighted by molar-refractivity contribution is 0.0212. The van der Waals surface area contributed by atoms with Crippen LogP contribution in [0.25, 0.3) is 0 Å². The molecule has 1 heterocycles. The zero-order valence-electron chi connectivity index (χ0n) is 9.91. The van der Waals surface area contributed by atoms with E-state index in [9.17, 15) is 4.79 Å². The van der Waals surface area contributed by atoms with Gasteiger partial charge < -0.3 is 9.64 Å². The fraction of sp³-hybridized carbons (Fsp3) is 0.769. The second-order valence-corrected chi connectivity index (χ2v) is 4.89. The van der Waals surface area contributed by atoms with Gasteiger partial charge in [-0.15, -0.1) is 0 Å². The van der Waals surface area contributed by atoms with Gasteiger partial charge in [-0.25, -0.2) is 4.79 Å². The molecule has 2 aliphatic rings. The maximum Gasteiger partial charge on any atom is 0.410 e. The Hall–Kier alpha value is -0.990. The first-order valence-electron chi connectivity index (χ1n) is 6.37. The van der Waals surface area contributed by atoms with Crippen LogP contribution < -0.4 is 0 Å². The first-order chi connectivity index (χ1) is 7.76. The van der Waals surface area contributed by atoms with Crippen molar-refractivity contribution in [2.45, 2.75) is 50.5 Å². The molecule has 90 valence electrons. The molecule has 3 heteroatoms. The zero-order valence-corrected chi connectivity index (χ0v) is 9.91. The van der Waals surface area contributed by atoms with Gasteiger partial charge >= 0.3 is 6.09 Å². The predicted octanol–water partition coefficient (Wildman–Crippen LogP) is 3.11. The Labute approximate surface area is 97.5 Å². The molecule has 1 saturated heterocycles. The van der Waals surface area contributed by atoms with E-state index in [0.29, 0.717) is 0 Å². The minimum absolute atomic E-state index is 0.137. The molecular formula is C13H21NO2. The molecule has 2 fully saturated rings. The molecule has 1 saturated carbocycles. The average molecular weight is 223 g/mol. The Bertz CT molecular complexity index is 263. The van der Waals surface area contributed by atoms with Crippen molar-refractivity contribution in [3.8, 4) is 0 Å². The molecule has 3 nitrogen and oxygen atoms in total. The van der Waals surface area contributed by atoms with Crippen LogP contribution in [0.2, 0.25) is 0 Å². The first-order valence-corrected chi connectivity index (χ1v) is 6.37. The van der Waals surface area contributed by atoms with Crippen molar-refractivity contribution in [2.24, 2.45) is 0 Å². The SMILES string of the molecule is C=CC1(OC(=O)N2CCCCC2)CCCC1.